The van der Waals surface area contributed by atoms with Gasteiger partial charge in [0.05, 0.1) is 10.6 Å². The molecule has 1 aromatic heterocycles. The van der Waals surface area contributed by atoms with Crippen LogP contribution in [0.3, 0.4) is 0 Å². The molecule has 0 saturated carbocycles. The van der Waals surface area contributed by atoms with Crippen molar-refractivity contribution in [3.8, 4) is 0 Å². The van der Waals surface area contributed by atoms with Gasteiger partial charge in [0.2, 0.25) is 10.0 Å². The number of benzene rings is 1. The van der Waals surface area contributed by atoms with E-state index in [1.54, 1.807) is 36.0 Å². The molecule has 0 aliphatic heterocycles. The summed E-state index contributed by atoms with van der Waals surface area (Å²) in [5.74, 6) is 1.36. The highest BCUT2D eigenvalue weighted by Gasteiger charge is 2.14. The SMILES string of the molecule is CCSc1ccc(S(=O)(=O)NC)cc1Nc1cc(Cl)ncn1. The van der Waals surface area contributed by atoms with Crippen molar-refractivity contribution in [1.82, 2.24) is 14.7 Å². The molecule has 0 radical (unpaired) electrons. The molecule has 2 N–H and O–H groups in total. The minimum atomic E-state index is -3.51. The van der Waals surface area contributed by atoms with Crippen molar-refractivity contribution in [1.29, 1.82) is 0 Å². The van der Waals surface area contributed by atoms with E-state index >= 15 is 0 Å². The molecule has 0 amide bonds. The summed E-state index contributed by atoms with van der Waals surface area (Å²) < 4.78 is 26.2. The summed E-state index contributed by atoms with van der Waals surface area (Å²) >= 11 is 7.43. The van der Waals surface area contributed by atoms with E-state index in [-0.39, 0.29) is 4.90 Å². The second-order valence-corrected chi connectivity index (χ2v) is 7.73. The van der Waals surface area contributed by atoms with Crippen LogP contribution in [0.2, 0.25) is 5.15 Å². The minimum Gasteiger partial charge on any atom is -0.339 e. The summed E-state index contributed by atoms with van der Waals surface area (Å²) in [5.41, 5.74) is 0.651. The van der Waals surface area contributed by atoms with Gasteiger partial charge in [-0.15, -0.1) is 11.8 Å². The number of anilines is 2. The van der Waals surface area contributed by atoms with Gasteiger partial charge in [-0.1, -0.05) is 18.5 Å². The van der Waals surface area contributed by atoms with Crippen LogP contribution in [0, 0.1) is 0 Å². The Morgan fingerprint density at radius 3 is 2.68 bits per heavy atom. The number of halogens is 1. The summed E-state index contributed by atoms with van der Waals surface area (Å²) in [7, 11) is -2.13. The Labute approximate surface area is 138 Å². The summed E-state index contributed by atoms with van der Waals surface area (Å²) in [4.78, 5) is 8.98. The first-order valence-electron chi connectivity index (χ1n) is 6.41. The zero-order chi connectivity index (χ0) is 16.2. The van der Waals surface area contributed by atoms with Crippen molar-refractivity contribution < 1.29 is 8.42 Å². The minimum absolute atomic E-state index is 0.179. The lowest BCUT2D eigenvalue weighted by molar-refractivity contribution is 0.588. The molecule has 1 heterocycles. The lowest BCUT2D eigenvalue weighted by Gasteiger charge is -2.13. The normalized spacial score (nSPS) is 11.4. The second-order valence-electron chi connectivity index (χ2n) is 4.15. The summed E-state index contributed by atoms with van der Waals surface area (Å²) in [6.07, 6.45) is 1.34. The number of nitrogens with one attached hydrogen (secondary N) is 2. The number of sulfonamides is 1. The van der Waals surface area contributed by atoms with Crippen LogP contribution >= 0.6 is 23.4 Å². The number of rotatable bonds is 6. The van der Waals surface area contributed by atoms with E-state index in [1.807, 2.05) is 6.92 Å². The standard InChI is InChI=1S/C13H15ClN4O2S2/c1-3-21-11-5-4-9(22(19,20)15-2)6-10(11)18-13-7-12(14)16-8-17-13/h4-8,15H,3H2,1-2H3,(H,16,17,18). The van der Waals surface area contributed by atoms with Gasteiger partial charge in [0, 0.05) is 11.0 Å². The first-order valence-corrected chi connectivity index (χ1v) is 9.26. The number of nitrogens with zero attached hydrogens (tertiary/aromatic N) is 2. The Bertz CT molecular complexity index is 768. The van der Waals surface area contributed by atoms with E-state index in [0.717, 1.165) is 10.6 Å². The van der Waals surface area contributed by atoms with Gasteiger partial charge in [-0.05, 0) is 31.0 Å². The predicted molar refractivity (Wildman–Crippen MR) is 89.4 cm³/mol. The van der Waals surface area contributed by atoms with Gasteiger partial charge in [0.15, 0.2) is 0 Å². The van der Waals surface area contributed by atoms with Crippen LogP contribution in [-0.4, -0.2) is 31.2 Å². The lowest BCUT2D eigenvalue weighted by atomic mass is 10.3. The van der Waals surface area contributed by atoms with Crippen LogP contribution in [0.25, 0.3) is 0 Å². The molecule has 0 unspecified atom stereocenters. The maximum Gasteiger partial charge on any atom is 0.240 e. The maximum absolute atomic E-state index is 11.9. The monoisotopic (exact) mass is 358 g/mol. The van der Waals surface area contributed by atoms with E-state index in [0.29, 0.717) is 16.7 Å². The number of aromatic nitrogens is 2. The van der Waals surface area contributed by atoms with Crippen molar-refractivity contribution in [2.75, 3.05) is 18.1 Å². The van der Waals surface area contributed by atoms with Crippen LogP contribution in [-0.2, 0) is 10.0 Å². The molecule has 22 heavy (non-hydrogen) atoms. The Balaban J connectivity index is 2.44. The zero-order valence-corrected chi connectivity index (χ0v) is 14.4. The Morgan fingerprint density at radius 1 is 1.27 bits per heavy atom. The molecule has 0 saturated heterocycles. The predicted octanol–water partition coefficient (Wildman–Crippen LogP) is 2.89. The fraction of sp³-hybridized carbons (Fsp3) is 0.231. The summed E-state index contributed by atoms with van der Waals surface area (Å²) in [6, 6.07) is 6.48. The van der Waals surface area contributed by atoms with Crippen molar-refractivity contribution in [2.45, 2.75) is 16.7 Å². The van der Waals surface area contributed by atoms with Gasteiger partial charge in [-0.3, -0.25) is 0 Å². The van der Waals surface area contributed by atoms with Gasteiger partial charge in [0.1, 0.15) is 17.3 Å². The van der Waals surface area contributed by atoms with Gasteiger partial charge in [0.25, 0.3) is 0 Å². The molecular weight excluding hydrogens is 344 g/mol. The van der Waals surface area contributed by atoms with Gasteiger partial charge >= 0.3 is 0 Å². The Morgan fingerprint density at radius 2 is 2.05 bits per heavy atom. The third-order valence-corrected chi connectivity index (χ3v) is 5.30. The molecule has 0 aliphatic carbocycles. The van der Waals surface area contributed by atoms with Crippen molar-refractivity contribution in [3.63, 3.8) is 0 Å². The fourth-order valence-corrected chi connectivity index (χ4v) is 3.36. The Hall–Kier alpha value is -1.35. The number of thioether (sulfide) groups is 1. The van der Waals surface area contributed by atoms with Crippen LogP contribution in [0.5, 0.6) is 0 Å². The molecule has 0 aliphatic rings. The highest BCUT2D eigenvalue weighted by Crippen LogP contribution is 2.31. The molecule has 0 atom stereocenters. The summed E-state index contributed by atoms with van der Waals surface area (Å²) in [6.45, 7) is 2.02. The van der Waals surface area contributed by atoms with Crippen molar-refractivity contribution in [2.24, 2.45) is 0 Å². The van der Waals surface area contributed by atoms with E-state index in [1.165, 1.54) is 13.4 Å². The third-order valence-electron chi connectivity index (χ3n) is 2.73. The maximum atomic E-state index is 11.9. The number of hydrogen-bond acceptors (Lipinski definition) is 6. The fourth-order valence-electron chi connectivity index (χ4n) is 1.71. The van der Waals surface area contributed by atoms with Crippen molar-refractivity contribution >= 4 is 44.9 Å². The molecule has 0 spiro atoms. The van der Waals surface area contributed by atoms with Gasteiger partial charge < -0.3 is 5.32 Å². The van der Waals surface area contributed by atoms with Crippen LogP contribution < -0.4 is 10.0 Å². The van der Waals surface area contributed by atoms with E-state index in [9.17, 15) is 8.42 Å². The second kappa shape index (κ2) is 7.28. The average molecular weight is 359 g/mol. The quantitative estimate of drug-likeness (QED) is 0.610. The topological polar surface area (TPSA) is 84.0 Å². The highest BCUT2D eigenvalue weighted by atomic mass is 35.5. The molecule has 1 aromatic carbocycles. The van der Waals surface area contributed by atoms with Crippen LogP contribution in [0.4, 0.5) is 11.5 Å². The molecule has 118 valence electrons. The van der Waals surface area contributed by atoms with Gasteiger partial charge in [-0.25, -0.2) is 23.1 Å². The van der Waals surface area contributed by atoms with Crippen LogP contribution in [0.15, 0.2) is 40.4 Å². The first kappa shape index (κ1) is 17.0. The van der Waals surface area contributed by atoms with E-state index in [2.05, 4.69) is 20.0 Å². The van der Waals surface area contributed by atoms with Crippen molar-refractivity contribution in [3.05, 3.63) is 35.7 Å². The third kappa shape index (κ3) is 4.10. The molecule has 6 nitrogen and oxygen atoms in total. The summed E-state index contributed by atoms with van der Waals surface area (Å²) in [5, 5.41) is 3.39. The molecule has 2 rings (SSSR count). The lowest BCUT2D eigenvalue weighted by Crippen LogP contribution is -2.18. The molecule has 0 fully saturated rings. The molecule has 0 bridgehead atoms. The highest BCUT2D eigenvalue weighted by molar-refractivity contribution is 7.99. The zero-order valence-electron chi connectivity index (χ0n) is 12.0. The molecular formula is C13H15ClN4O2S2. The van der Waals surface area contributed by atoms with Gasteiger partial charge in [-0.2, -0.15) is 0 Å². The molecule has 9 heteroatoms. The first-order chi connectivity index (χ1) is 10.5. The Kier molecular flexibility index (Phi) is 5.63. The molecule has 2 aromatic rings. The largest absolute Gasteiger partial charge is 0.339 e. The number of hydrogen-bond donors (Lipinski definition) is 2. The smallest absolute Gasteiger partial charge is 0.240 e. The average Bonchev–Trinajstić information content (AvgIpc) is 2.49. The van der Waals surface area contributed by atoms with Crippen LogP contribution in [0.1, 0.15) is 6.92 Å². The van der Waals surface area contributed by atoms with E-state index < -0.39 is 10.0 Å². The van der Waals surface area contributed by atoms with E-state index in [4.69, 9.17) is 11.6 Å².